The molecule has 1 saturated carbocycles. The summed E-state index contributed by atoms with van der Waals surface area (Å²) in [4.78, 5) is 14.2. The first-order valence-corrected chi connectivity index (χ1v) is 8.85. The summed E-state index contributed by atoms with van der Waals surface area (Å²) < 4.78 is 0. The highest BCUT2D eigenvalue weighted by Crippen LogP contribution is 2.22. The van der Waals surface area contributed by atoms with Crippen molar-refractivity contribution < 1.29 is 4.79 Å². The van der Waals surface area contributed by atoms with Crippen LogP contribution in [0.4, 0.5) is 0 Å². The Labute approximate surface area is 149 Å². The summed E-state index contributed by atoms with van der Waals surface area (Å²) >= 11 is 6.11. The van der Waals surface area contributed by atoms with Gasteiger partial charge in [0, 0.05) is 30.9 Å². The molecule has 1 N–H and O–H groups in total. The van der Waals surface area contributed by atoms with Gasteiger partial charge in [0.2, 0.25) is 0 Å². The van der Waals surface area contributed by atoms with Gasteiger partial charge in [0.25, 0.3) is 5.91 Å². The van der Waals surface area contributed by atoms with E-state index in [1.54, 1.807) is 11.9 Å². The largest absolute Gasteiger partial charge is 0.389 e. The van der Waals surface area contributed by atoms with E-state index in [0.29, 0.717) is 6.54 Å². The number of nitrogens with zero attached hydrogens (tertiary/aromatic N) is 2. The Morgan fingerprint density at radius 1 is 1.38 bits per heavy atom. The van der Waals surface area contributed by atoms with Gasteiger partial charge in [0.05, 0.1) is 0 Å². The Balaban J connectivity index is 1.87. The number of nitriles is 1. The minimum Gasteiger partial charge on any atom is -0.389 e. The Hall–Kier alpha value is -1.99. The summed E-state index contributed by atoms with van der Waals surface area (Å²) in [6.07, 6.45) is 7.87. The van der Waals surface area contributed by atoms with Crippen LogP contribution in [0.15, 0.2) is 36.0 Å². The second-order valence-electron chi connectivity index (χ2n) is 6.17. The van der Waals surface area contributed by atoms with E-state index in [-0.39, 0.29) is 17.5 Å². The minimum atomic E-state index is -0.199. The fraction of sp³-hybridized carbons (Fsp3) is 0.474. The van der Waals surface area contributed by atoms with Crippen LogP contribution in [0.1, 0.15) is 37.7 Å². The van der Waals surface area contributed by atoms with Gasteiger partial charge in [-0.3, -0.25) is 4.79 Å². The van der Waals surface area contributed by atoms with Gasteiger partial charge < -0.3 is 10.2 Å². The molecule has 0 heterocycles. The van der Waals surface area contributed by atoms with Gasteiger partial charge in [-0.2, -0.15) is 5.26 Å². The quantitative estimate of drug-likeness (QED) is 0.486. The molecule has 24 heavy (non-hydrogen) atoms. The molecule has 2 rings (SSSR count). The lowest BCUT2D eigenvalue weighted by molar-refractivity contribution is -0.128. The van der Waals surface area contributed by atoms with Crippen LogP contribution in [-0.4, -0.2) is 30.4 Å². The van der Waals surface area contributed by atoms with Gasteiger partial charge in [-0.25, -0.2) is 0 Å². The third-order valence-corrected chi connectivity index (χ3v) is 4.91. The number of hydrogen-bond donors (Lipinski definition) is 1. The van der Waals surface area contributed by atoms with Gasteiger partial charge in [0.1, 0.15) is 11.6 Å². The molecule has 1 aliphatic carbocycles. The second kappa shape index (κ2) is 9.34. The summed E-state index contributed by atoms with van der Waals surface area (Å²) in [6, 6.07) is 9.94. The molecule has 0 unspecified atom stereocenters. The molecule has 1 aromatic carbocycles. The van der Waals surface area contributed by atoms with E-state index in [2.05, 4.69) is 5.32 Å². The van der Waals surface area contributed by atoms with Crippen molar-refractivity contribution in [1.82, 2.24) is 10.2 Å². The first kappa shape index (κ1) is 18.4. The van der Waals surface area contributed by atoms with Crippen LogP contribution in [0, 0.1) is 11.3 Å². The van der Waals surface area contributed by atoms with E-state index in [0.717, 1.165) is 42.7 Å². The lowest BCUT2D eigenvalue weighted by atomic mass is 9.94. The fourth-order valence-electron chi connectivity index (χ4n) is 3.05. The number of hydrogen-bond acceptors (Lipinski definition) is 3. The van der Waals surface area contributed by atoms with E-state index in [9.17, 15) is 10.1 Å². The van der Waals surface area contributed by atoms with Crippen molar-refractivity contribution in [1.29, 1.82) is 5.26 Å². The number of amides is 1. The number of carbonyl (C=O) groups is 1. The lowest BCUT2D eigenvalue weighted by Gasteiger charge is -2.31. The van der Waals surface area contributed by atoms with Gasteiger partial charge in [-0.1, -0.05) is 49.1 Å². The van der Waals surface area contributed by atoms with Crippen molar-refractivity contribution in [2.24, 2.45) is 0 Å². The maximum atomic E-state index is 12.5. The van der Waals surface area contributed by atoms with Gasteiger partial charge in [0.15, 0.2) is 0 Å². The Bertz CT molecular complexity index is 630. The summed E-state index contributed by atoms with van der Waals surface area (Å²) in [6.45, 7) is 0.620. The molecule has 128 valence electrons. The molecule has 5 heteroatoms. The zero-order chi connectivity index (χ0) is 17.4. The van der Waals surface area contributed by atoms with Gasteiger partial charge in [-0.05, 0) is 30.9 Å². The first-order valence-electron chi connectivity index (χ1n) is 8.47. The summed E-state index contributed by atoms with van der Waals surface area (Å²) in [7, 11) is 1.80. The maximum Gasteiger partial charge on any atom is 0.265 e. The molecule has 0 aromatic heterocycles. The van der Waals surface area contributed by atoms with Crippen LogP contribution in [0.5, 0.6) is 0 Å². The third kappa shape index (κ3) is 5.01. The van der Waals surface area contributed by atoms with Crippen molar-refractivity contribution in [2.45, 2.75) is 44.6 Å². The van der Waals surface area contributed by atoms with Crippen LogP contribution in [-0.2, 0) is 11.2 Å². The highest BCUT2D eigenvalue weighted by Gasteiger charge is 2.24. The molecule has 1 amide bonds. The van der Waals surface area contributed by atoms with E-state index in [1.165, 1.54) is 12.6 Å². The van der Waals surface area contributed by atoms with E-state index >= 15 is 0 Å². The smallest absolute Gasteiger partial charge is 0.265 e. The molecule has 1 aliphatic rings. The topological polar surface area (TPSA) is 56.1 Å². The molecule has 0 radical (unpaired) electrons. The van der Waals surface area contributed by atoms with E-state index < -0.39 is 0 Å². The maximum absolute atomic E-state index is 12.5. The number of nitrogens with one attached hydrogen (secondary N) is 1. The number of rotatable bonds is 6. The van der Waals surface area contributed by atoms with Crippen LogP contribution in [0.2, 0.25) is 5.02 Å². The average molecular weight is 346 g/mol. The zero-order valence-electron chi connectivity index (χ0n) is 14.1. The first-order chi connectivity index (χ1) is 11.6. The normalized spacial score (nSPS) is 15.6. The van der Waals surface area contributed by atoms with Crippen molar-refractivity contribution in [3.63, 3.8) is 0 Å². The molecule has 4 nitrogen and oxygen atoms in total. The number of benzene rings is 1. The van der Waals surface area contributed by atoms with Crippen molar-refractivity contribution in [2.75, 3.05) is 13.6 Å². The van der Waals surface area contributed by atoms with Gasteiger partial charge >= 0.3 is 0 Å². The highest BCUT2D eigenvalue weighted by molar-refractivity contribution is 6.31. The molecular formula is C19H24ClN3O. The number of likely N-dealkylation sites (N-methyl/N-ethyl adjacent to an activating group) is 1. The van der Waals surface area contributed by atoms with Crippen molar-refractivity contribution >= 4 is 17.5 Å². The Morgan fingerprint density at radius 2 is 2.08 bits per heavy atom. The van der Waals surface area contributed by atoms with E-state index in [4.69, 9.17) is 11.6 Å². The standard InChI is InChI=1S/C19H24ClN3O/c1-23(17-8-3-2-4-9-17)19(24)16(13-21)14-22-12-11-15-7-5-6-10-18(15)20/h5-7,10,14,17,22H,2-4,8-9,11-12H2,1H3/b16-14-. The predicted octanol–water partition coefficient (Wildman–Crippen LogP) is 3.67. The Kier molecular flexibility index (Phi) is 7.14. The lowest BCUT2D eigenvalue weighted by Crippen LogP contribution is -2.39. The second-order valence-corrected chi connectivity index (χ2v) is 6.58. The third-order valence-electron chi connectivity index (χ3n) is 4.54. The summed E-state index contributed by atoms with van der Waals surface area (Å²) in [5.41, 5.74) is 1.20. The van der Waals surface area contributed by atoms with Crippen molar-refractivity contribution in [3.8, 4) is 6.07 Å². The average Bonchev–Trinajstić information content (AvgIpc) is 2.63. The van der Waals surface area contributed by atoms with Crippen LogP contribution < -0.4 is 5.32 Å². The molecule has 0 bridgehead atoms. The SMILES string of the molecule is CN(C(=O)/C(C#N)=C\NCCc1ccccc1Cl)C1CCCCC1. The van der Waals surface area contributed by atoms with Crippen LogP contribution in [0.3, 0.4) is 0 Å². The molecule has 0 saturated heterocycles. The summed E-state index contributed by atoms with van der Waals surface area (Å²) in [5, 5.41) is 13.1. The van der Waals surface area contributed by atoms with Crippen LogP contribution in [0.25, 0.3) is 0 Å². The monoisotopic (exact) mass is 345 g/mol. The summed E-state index contributed by atoms with van der Waals surface area (Å²) in [5.74, 6) is -0.199. The van der Waals surface area contributed by atoms with Crippen molar-refractivity contribution in [3.05, 3.63) is 46.6 Å². The van der Waals surface area contributed by atoms with Crippen LogP contribution >= 0.6 is 11.6 Å². The number of halogens is 1. The van der Waals surface area contributed by atoms with Gasteiger partial charge in [-0.15, -0.1) is 0 Å². The predicted molar refractivity (Wildman–Crippen MR) is 96.5 cm³/mol. The van der Waals surface area contributed by atoms with E-state index in [1.807, 2.05) is 30.3 Å². The Morgan fingerprint density at radius 3 is 2.75 bits per heavy atom. The zero-order valence-corrected chi connectivity index (χ0v) is 14.9. The fourth-order valence-corrected chi connectivity index (χ4v) is 3.28. The molecule has 1 aromatic rings. The molecule has 1 fully saturated rings. The molecular weight excluding hydrogens is 322 g/mol. The molecule has 0 spiro atoms. The number of carbonyl (C=O) groups excluding carboxylic acids is 1. The molecule has 0 atom stereocenters. The minimum absolute atomic E-state index is 0.155. The highest BCUT2D eigenvalue weighted by atomic mass is 35.5. The molecule has 0 aliphatic heterocycles.